The smallest absolute Gasteiger partial charge is 0.258 e. The molecule has 0 unspecified atom stereocenters. The topological polar surface area (TPSA) is 83.1 Å². The van der Waals surface area contributed by atoms with Gasteiger partial charge in [0.25, 0.3) is 5.91 Å². The molecule has 0 aliphatic rings. The van der Waals surface area contributed by atoms with Gasteiger partial charge >= 0.3 is 0 Å². The van der Waals surface area contributed by atoms with E-state index in [1.807, 2.05) is 19.9 Å². The third kappa shape index (κ3) is 5.39. The maximum atomic E-state index is 12.3. The van der Waals surface area contributed by atoms with Gasteiger partial charge in [-0.2, -0.15) is 0 Å². The maximum absolute atomic E-state index is 12.3. The summed E-state index contributed by atoms with van der Waals surface area (Å²) >= 11 is 0. The van der Waals surface area contributed by atoms with Gasteiger partial charge in [-0.15, -0.1) is 0 Å². The van der Waals surface area contributed by atoms with Crippen LogP contribution >= 0.6 is 0 Å². The van der Waals surface area contributed by atoms with Crippen molar-refractivity contribution in [2.24, 2.45) is 0 Å². The summed E-state index contributed by atoms with van der Waals surface area (Å²) in [5.41, 5.74) is 1.26. The molecular formula is C21H25NO6. The van der Waals surface area contributed by atoms with Gasteiger partial charge in [-0.25, -0.2) is 0 Å². The number of methoxy groups -OCH3 is 2. The quantitative estimate of drug-likeness (QED) is 0.631. The molecule has 0 aliphatic carbocycles. The van der Waals surface area contributed by atoms with Gasteiger partial charge in [0.1, 0.15) is 17.8 Å². The van der Waals surface area contributed by atoms with Gasteiger partial charge in [0.2, 0.25) is 0 Å². The highest BCUT2D eigenvalue weighted by Gasteiger charge is 2.16. The Kier molecular flexibility index (Phi) is 7.68. The lowest BCUT2D eigenvalue weighted by atomic mass is 10.1. The zero-order valence-corrected chi connectivity index (χ0v) is 16.5. The molecule has 2 rings (SSSR count). The van der Waals surface area contributed by atoms with Crippen molar-refractivity contribution in [3.8, 4) is 23.0 Å². The van der Waals surface area contributed by atoms with E-state index in [1.165, 1.54) is 0 Å². The van der Waals surface area contributed by atoms with Gasteiger partial charge < -0.3 is 24.3 Å². The minimum absolute atomic E-state index is 0.197. The molecule has 0 bridgehead atoms. The van der Waals surface area contributed by atoms with Gasteiger partial charge in [0.05, 0.1) is 26.9 Å². The molecule has 0 aromatic heterocycles. The van der Waals surface area contributed by atoms with Crippen LogP contribution in [0.3, 0.4) is 0 Å². The van der Waals surface area contributed by atoms with Crippen LogP contribution in [0.5, 0.6) is 23.0 Å². The summed E-state index contributed by atoms with van der Waals surface area (Å²) in [5, 5.41) is 2.87. The Morgan fingerprint density at radius 3 is 2.43 bits per heavy atom. The minimum Gasteiger partial charge on any atom is -0.497 e. The van der Waals surface area contributed by atoms with E-state index in [0.29, 0.717) is 35.2 Å². The number of aldehydes is 1. The largest absolute Gasteiger partial charge is 0.497 e. The van der Waals surface area contributed by atoms with Crippen LogP contribution in [-0.2, 0) is 4.79 Å². The average Bonchev–Trinajstić information content (AvgIpc) is 2.72. The molecule has 0 saturated carbocycles. The van der Waals surface area contributed by atoms with E-state index in [4.69, 9.17) is 18.9 Å². The minimum atomic E-state index is -0.315. The molecule has 150 valence electrons. The molecule has 0 radical (unpaired) electrons. The summed E-state index contributed by atoms with van der Waals surface area (Å²) in [6, 6.07) is 9.87. The van der Waals surface area contributed by atoms with Crippen LogP contribution in [0, 0.1) is 0 Å². The first-order chi connectivity index (χ1) is 13.5. The second-order valence-corrected chi connectivity index (χ2v) is 5.94. The Morgan fingerprint density at radius 2 is 1.79 bits per heavy atom. The number of hydrogen-bond donors (Lipinski definition) is 1. The molecule has 1 N–H and O–H groups in total. The Hall–Kier alpha value is -3.22. The van der Waals surface area contributed by atoms with Crippen LogP contribution in [0.1, 0.15) is 35.8 Å². The number of benzene rings is 2. The lowest BCUT2D eigenvalue weighted by Crippen LogP contribution is -2.31. The number of carbonyl (C=O) groups is 2. The van der Waals surface area contributed by atoms with Gasteiger partial charge in [-0.3, -0.25) is 9.59 Å². The zero-order valence-electron chi connectivity index (χ0n) is 16.5. The predicted molar refractivity (Wildman–Crippen MR) is 105 cm³/mol. The van der Waals surface area contributed by atoms with Gasteiger partial charge in [0.15, 0.2) is 18.1 Å². The lowest BCUT2D eigenvalue weighted by Gasteiger charge is -2.19. The number of nitrogens with one attached hydrogen (secondary N) is 1. The van der Waals surface area contributed by atoms with E-state index in [2.05, 4.69) is 5.32 Å². The van der Waals surface area contributed by atoms with E-state index in [-0.39, 0.29) is 18.6 Å². The summed E-state index contributed by atoms with van der Waals surface area (Å²) in [4.78, 5) is 23.3. The van der Waals surface area contributed by atoms with Gasteiger partial charge in [0, 0.05) is 11.1 Å². The lowest BCUT2D eigenvalue weighted by molar-refractivity contribution is -0.123. The van der Waals surface area contributed by atoms with Crippen molar-refractivity contribution in [2.45, 2.75) is 19.9 Å². The number of carbonyl (C=O) groups excluding carboxylic acids is 2. The normalized spacial score (nSPS) is 11.3. The molecule has 0 fully saturated rings. The monoisotopic (exact) mass is 387 g/mol. The molecule has 28 heavy (non-hydrogen) atoms. The highest BCUT2D eigenvalue weighted by Crippen LogP contribution is 2.30. The second-order valence-electron chi connectivity index (χ2n) is 5.94. The molecule has 7 nitrogen and oxygen atoms in total. The maximum Gasteiger partial charge on any atom is 0.258 e. The highest BCUT2D eigenvalue weighted by molar-refractivity contribution is 5.79. The summed E-state index contributed by atoms with van der Waals surface area (Å²) in [7, 11) is 3.15. The first kappa shape index (κ1) is 21.1. The Balaban J connectivity index is 2.04. The molecule has 0 spiro atoms. The van der Waals surface area contributed by atoms with E-state index in [9.17, 15) is 9.59 Å². The zero-order chi connectivity index (χ0) is 20.5. The first-order valence-corrected chi connectivity index (χ1v) is 8.88. The van der Waals surface area contributed by atoms with Crippen molar-refractivity contribution in [1.29, 1.82) is 0 Å². The van der Waals surface area contributed by atoms with E-state index in [0.717, 1.165) is 11.8 Å². The van der Waals surface area contributed by atoms with Gasteiger partial charge in [-0.1, -0.05) is 0 Å². The fourth-order valence-corrected chi connectivity index (χ4v) is 2.67. The van der Waals surface area contributed by atoms with E-state index >= 15 is 0 Å². The van der Waals surface area contributed by atoms with Crippen molar-refractivity contribution >= 4 is 12.2 Å². The Morgan fingerprint density at radius 1 is 1.04 bits per heavy atom. The standard InChI is InChI=1S/C21H25NO6/c1-5-27-20-10-15(12-23)6-8-19(20)28-13-21(24)22-14(2)17-11-16(25-3)7-9-18(17)26-4/h6-12,14H,5,13H2,1-4H3,(H,22,24)/t14-/m0/s1. The average molecular weight is 387 g/mol. The molecule has 2 aromatic rings. The number of amides is 1. The molecule has 0 saturated heterocycles. The molecular weight excluding hydrogens is 362 g/mol. The molecule has 0 heterocycles. The van der Waals surface area contributed by atoms with E-state index in [1.54, 1.807) is 44.6 Å². The van der Waals surface area contributed by atoms with Crippen molar-refractivity contribution < 1.29 is 28.5 Å². The van der Waals surface area contributed by atoms with Crippen LogP contribution in [0.15, 0.2) is 36.4 Å². The van der Waals surface area contributed by atoms with Crippen LogP contribution in [0.2, 0.25) is 0 Å². The summed E-state index contributed by atoms with van der Waals surface area (Å²) < 4.78 is 21.6. The first-order valence-electron chi connectivity index (χ1n) is 8.88. The van der Waals surface area contributed by atoms with Crippen LogP contribution < -0.4 is 24.3 Å². The number of rotatable bonds is 10. The van der Waals surface area contributed by atoms with Crippen molar-refractivity contribution in [1.82, 2.24) is 5.32 Å². The number of ether oxygens (including phenoxy) is 4. The van der Waals surface area contributed by atoms with Crippen LogP contribution in [0.4, 0.5) is 0 Å². The molecule has 7 heteroatoms. The van der Waals surface area contributed by atoms with Crippen LogP contribution in [-0.4, -0.2) is 39.6 Å². The van der Waals surface area contributed by atoms with Crippen molar-refractivity contribution in [3.05, 3.63) is 47.5 Å². The fraction of sp³-hybridized carbons (Fsp3) is 0.333. The highest BCUT2D eigenvalue weighted by atomic mass is 16.5. The second kappa shape index (κ2) is 10.2. The van der Waals surface area contributed by atoms with Crippen molar-refractivity contribution in [2.75, 3.05) is 27.4 Å². The fourth-order valence-electron chi connectivity index (χ4n) is 2.67. The predicted octanol–water partition coefficient (Wildman–Crippen LogP) is 3.17. The molecule has 1 atom stereocenters. The summed E-state index contributed by atoms with van der Waals surface area (Å²) in [6.45, 7) is 3.89. The SMILES string of the molecule is CCOc1cc(C=O)ccc1OCC(=O)N[C@@H](C)c1cc(OC)ccc1OC. The van der Waals surface area contributed by atoms with Gasteiger partial charge in [-0.05, 0) is 50.2 Å². The van der Waals surface area contributed by atoms with Crippen molar-refractivity contribution in [3.63, 3.8) is 0 Å². The molecule has 2 aromatic carbocycles. The third-order valence-electron chi connectivity index (χ3n) is 4.04. The summed E-state index contributed by atoms with van der Waals surface area (Å²) in [5.74, 6) is 1.83. The summed E-state index contributed by atoms with van der Waals surface area (Å²) in [6.07, 6.45) is 0.724. The third-order valence-corrected chi connectivity index (χ3v) is 4.04. The van der Waals surface area contributed by atoms with E-state index < -0.39 is 0 Å². The molecule has 0 aliphatic heterocycles. The molecule has 1 amide bonds. The van der Waals surface area contributed by atoms with Crippen LogP contribution in [0.25, 0.3) is 0 Å². The Bertz CT molecular complexity index is 821. The number of hydrogen-bond acceptors (Lipinski definition) is 6. The Labute approximate surface area is 164 Å².